The van der Waals surface area contributed by atoms with Crippen LogP contribution in [0, 0.1) is 0 Å². The SMILES string of the molecule is NC(=O)c1ccsc1NC(=O)c1cccc2c1CCNC2. The van der Waals surface area contributed by atoms with Crippen molar-refractivity contribution in [2.45, 2.75) is 13.0 Å². The highest BCUT2D eigenvalue weighted by Crippen LogP contribution is 2.25. The molecule has 0 atom stereocenters. The van der Waals surface area contributed by atoms with E-state index in [0.29, 0.717) is 16.1 Å². The third-order valence-electron chi connectivity index (χ3n) is 3.54. The Morgan fingerprint density at radius 1 is 1.24 bits per heavy atom. The molecule has 6 heteroatoms. The van der Waals surface area contributed by atoms with Crippen LogP contribution in [0.2, 0.25) is 0 Å². The van der Waals surface area contributed by atoms with Crippen LogP contribution in [0.5, 0.6) is 0 Å². The molecular formula is C15H15N3O2S. The lowest BCUT2D eigenvalue weighted by Gasteiger charge is -2.19. The second-order valence-corrected chi connectivity index (χ2v) is 5.77. The number of primary amides is 1. The van der Waals surface area contributed by atoms with Crippen LogP contribution in [0.3, 0.4) is 0 Å². The van der Waals surface area contributed by atoms with Gasteiger partial charge >= 0.3 is 0 Å². The number of hydrogen-bond acceptors (Lipinski definition) is 4. The first-order chi connectivity index (χ1) is 10.2. The van der Waals surface area contributed by atoms with Crippen molar-refractivity contribution in [2.24, 2.45) is 5.73 Å². The fourth-order valence-corrected chi connectivity index (χ4v) is 3.30. The molecule has 1 aliphatic rings. The summed E-state index contributed by atoms with van der Waals surface area (Å²) in [4.78, 5) is 23.8. The maximum absolute atomic E-state index is 12.5. The predicted molar refractivity (Wildman–Crippen MR) is 82.6 cm³/mol. The van der Waals surface area contributed by atoms with Crippen molar-refractivity contribution in [3.8, 4) is 0 Å². The molecule has 2 amide bonds. The van der Waals surface area contributed by atoms with Crippen molar-refractivity contribution in [1.82, 2.24) is 5.32 Å². The third-order valence-corrected chi connectivity index (χ3v) is 4.37. The van der Waals surface area contributed by atoms with Gasteiger partial charge in [0.15, 0.2) is 0 Å². The predicted octanol–water partition coefficient (Wildman–Crippen LogP) is 1.74. The lowest BCUT2D eigenvalue weighted by Crippen LogP contribution is -2.26. The Labute approximate surface area is 126 Å². The van der Waals surface area contributed by atoms with Gasteiger partial charge in [0.2, 0.25) is 0 Å². The molecule has 0 unspecified atom stereocenters. The monoisotopic (exact) mass is 301 g/mol. The zero-order valence-corrected chi connectivity index (χ0v) is 12.1. The van der Waals surface area contributed by atoms with Crippen LogP contribution in [0.1, 0.15) is 31.8 Å². The van der Waals surface area contributed by atoms with Crippen LogP contribution in [0.15, 0.2) is 29.6 Å². The number of hydrogen-bond donors (Lipinski definition) is 3. The molecule has 2 heterocycles. The number of benzene rings is 1. The molecule has 0 saturated carbocycles. The molecule has 0 saturated heterocycles. The van der Waals surface area contributed by atoms with E-state index in [2.05, 4.69) is 10.6 Å². The minimum absolute atomic E-state index is 0.196. The summed E-state index contributed by atoms with van der Waals surface area (Å²) in [5.41, 5.74) is 8.53. The molecule has 2 aromatic rings. The van der Waals surface area contributed by atoms with Gasteiger partial charge in [-0.25, -0.2) is 0 Å². The molecule has 0 aliphatic carbocycles. The molecule has 0 radical (unpaired) electrons. The van der Waals surface area contributed by atoms with Gasteiger partial charge in [-0.3, -0.25) is 9.59 Å². The van der Waals surface area contributed by atoms with Gasteiger partial charge in [-0.05, 0) is 41.6 Å². The summed E-state index contributed by atoms with van der Waals surface area (Å²) in [7, 11) is 0. The molecule has 108 valence electrons. The second-order valence-electron chi connectivity index (χ2n) is 4.85. The highest BCUT2D eigenvalue weighted by atomic mass is 32.1. The first-order valence-corrected chi connectivity index (χ1v) is 7.55. The number of nitrogens with one attached hydrogen (secondary N) is 2. The van der Waals surface area contributed by atoms with Gasteiger partial charge in [-0.2, -0.15) is 0 Å². The average Bonchev–Trinajstić information content (AvgIpc) is 2.95. The number of anilines is 1. The van der Waals surface area contributed by atoms with Crippen molar-refractivity contribution < 1.29 is 9.59 Å². The number of carbonyl (C=O) groups is 2. The fourth-order valence-electron chi connectivity index (χ4n) is 2.52. The van der Waals surface area contributed by atoms with Crippen LogP contribution in [0.25, 0.3) is 0 Å². The minimum atomic E-state index is -0.536. The van der Waals surface area contributed by atoms with Gasteiger partial charge in [0.25, 0.3) is 11.8 Å². The second kappa shape index (κ2) is 5.67. The number of amides is 2. The zero-order valence-electron chi connectivity index (χ0n) is 11.3. The molecule has 5 nitrogen and oxygen atoms in total. The Morgan fingerprint density at radius 3 is 2.90 bits per heavy atom. The van der Waals surface area contributed by atoms with Crippen molar-refractivity contribution in [3.63, 3.8) is 0 Å². The van der Waals surface area contributed by atoms with E-state index in [0.717, 1.165) is 30.6 Å². The summed E-state index contributed by atoms with van der Waals surface area (Å²) in [6.45, 7) is 1.64. The van der Waals surface area contributed by atoms with Crippen molar-refractivity contribution in [3.05, 3.63) is 51.9 Å². The van der Waals surface area contributed by atoms with Crippen LogP contribution < -0.4 is 16.4 Å². The zero-order chi connectivity index (χ0) is 14.8. The molecule has 1 aliphatic heterocycles. The van der Waals surface area contributed by atoms with E-state index < -0.39 is 5.91 Å². The lowest BCUT2D eigenvalue weighted by molar-refractivity contribution is 0.100. The summed E-state index contributed by atoms with van der Waals surface area (Å²) < 4.78 is 0. The van der Waals surface area contributed by atoms with E-state index in [-0.39, 0.29) is 5.91 Å². The van der Waals surface area contributed by atoms with Gasteiger partial charge < -0.3 is 16.4 Å². The van der Waals surface area contributed by atoms with E-state index in [1.807, 2.05) is 18.2 Å². The van der Waals surface area contributed by atoms with Gasteiger partial charge in [-0.1, -0.05) is 12.1 Å². The fraction of sp³-hybridized carbons (Fsp3) is 0.200. The Morgan fingerprint density at radius 2 is 2.10 bits per heavy atom. The summed E-state index contributed by atoms with van der Waals surface area (Å²) >= 11 is 1.29. The lowest BCUT2D eigenvalue weighted by atomic mass is 9.95. The standard InChI is InChI=1S/C15H15N3O2S/c16-13(19)12-5-7-21-15(12)18-14(20)11-3-1-2-9-8-17-6-4-10(9)11/h1-3,5,7,17H,4,6,8H2,(H2,16,19)(H,18,20). The third kappa shape index (κ3) is 2.68. The Balaban J connectivity index is 1.89. The number of fused-ring (bicyclic) bond motifs is 1. The molecule has 4 N–H and O–H groups in total. The summed E-state index contributed by atoms with van der Waals surface area (Å²) in [6.07, 6.45) is 0.825. The highest BCUT2D eigenvalue weighted by Gasteiger charge is 2.19. The number of thiophene rings is 1. The number of carbonyl (C=O) groups excluding carboxylic acids is 2. The molecule has 3 rings (SSSR count). The van der Waals surface area contributed by atoms with Gasteiger partial charge in [0.05, 0.1) is 5.56 Å². The van der Waals surface area contributed by atoms with Crippen molar-refractivity contribution in [2.75, 3.05) is 11.9 Å². The van der Waals surface area contributed by atoms with Gasteiger partial charge in [-0.15, -0.1) is 11.3 Å². The molecule has 1 aromatic carbocycles. The van der Waals surface area contributed by atoms with Crippen molar-refractivity contribution in [1.29, 1.82) is 0 Å². The van der Waals surface area contributed by atoms with E-state index in [1.165, 1.54) is 11.3 Å². The summed E-state index contributed by atoms with van der Waals surface area (Å²) in [6, 6.07) is 7.34. The minimum Gasteiger partial charge on any atom is -0.366 e. The van der Waals surface area contributed by atoms with Crippen LogP contribution in [0.4, 0.5) is 5.00 Å². The van der Waals surface area contributed by atoms with E-state index >= 15 is 0 Å². The quantitative estimate of drug-likeness (QED) is 0.807. The Kier molecular flexibility index (Phi) is 3.72. The normalized spacial score (nSPS) is 13.5. The van der Waals surface area contributed by atoms with Gasteiger partial charge in [0, 0.05) is 12.1 Å². The first-order valence-electron chi connectivity index (χ1n) is 6.67. The number of nitrogens with two attached hydrogens (primary N) is 1. The summed E-state index contributed by atoms with van der Waals surface area (Å²) in [5.74, 6) is -0.732. The summed E-state index contributed by atoms with van der Waals surface area (Å²) in [5, 5.41) is 8.32. The smallest absolute Gasteiger partial charge is 0.256 e. The maximum Gasteiger partial charge on any atom is 0.256 e. The van der Waals surface area contributed by atoms with Crippen LogP contribution >= 0.6 is 11.3 Å². The topological polar surface area (TPSA) is 84.2 Å². The van der Waals surface area contributed by atoms with Crippen molar-refractivity contribution >= 4 is 28.2 Å². The van der Waals surface area contributed by atoms with E-state index in [1.54, 1.807) is 11.4 Å². The molecular weight excluding hydrogens is 286 g/mol. The molecule has 0 bridgehead atoms. The molecule has 1 aromatic heterocycles. The maximum atomic E-state index is 12.5. The van der Waals surface area contributed by atoms with Gasteiger partial charge in [0.1, 0.15) is 5.00 Å². The average molecular weight is 301 g/mol. The number of rotatable bonds is 3. The largest absolute Gasteiger partial charge is 0.366 e. The van der Waals surface area contributed by atoms with E-state index in [9.17, 15) is 9.59 Å². The van der Waals surface area contributed by atoms with Crippen LogP contribution in [-0.2, 0) is 13.0 Å². The van der Waals surface area contributed by atoms with Crippen LogP contribution in [-0.4, -0.2) is 18.4 Å². The highest BCUT2D eigenvalue weighted by molar-refractivity contribution is 7.14. The molecule has 21 heavy (non-hydrogen) atoms. The molecule has 0 spiro atoms. The molecule has 0 fully saturated rings. The first kappa shape index (κ1) is 13.8. The van der Waals surface area contributed by atoms with E-state index in [4.69, 9.17) is 5.73 Å². The Bertz CT molecular complexity index is 709. The Hall–Kier alpha value is -2.18.